The Bertz CT molecular complexity index is 384. The van der Waals surface area contributed by atoms with Gasteiger partial charge in [-0.05, 0) is 18.9 Å². The molecule has 0 saturated heterocycles. The summed E-state index contributed by atoms with van der Waals surface area (Å²) in [6, 6.07) is 3.95. The van der Waals surface area contributed by atoms with E-state index in [0.29, 0.717) is 0 Å². The Labute approximate surface area is 112 Å². The quantitative estimate of drug-likeness (QED) is 0.761. The normalized spacial score (nSPS) is 13.9. The standard InChI is InChI=1S/C13H23N3OS/c1-4-7-15-13-10-12(6-9-16-13)14-8-5-11(2)18(3)17/h6,9-11H,4-5,7-8H2,1-3H3,(H2,14,15,16). The van der Waals surface area contributed by atoms with Crippen LogP contribution < -0.4 is 10.6 Å². The molecule has 0 fully saturated rings. The second-order valence-electron chi connectivity index (χ2n) is 4.38. The molecular weight excluding hydrogens is 246 g/mol. The molecule has 102 valence electrons. The number of anilines is 2. The Morgan fingerprint density at radius 3 is 2.83 bits per heavy atom. The van der Waals surface area contributed by atoms with Crippen molar-refractivity contribution in [1.29, 1.82) is 0 Å². The monoisotopic (exact) mass is 269 g/mol. The Kier molecular flexibility index (Phi) is 6.72. The first-order chi connectivity index (χ1) is 8.63. The number of nitrogens with one attached hydrogen (secondary N) is 2. The van der Waals surface area contributed by atoms with Gasteiger partial charge in [0.2, 0.25) is 0 Å². The van der Waals surface area contributed by atoms with Gasteiger partial charge in [0.15, 0.2) is 0 Å². The average Bonchev–Trinajstić information content (AvgIpc) is 2.36. The van der Waals surface area contributed by atoms with E-state index in [1.165, 1.54) is 0 Å². The third kappa shape index (κ3) is 5.49. The molecule has 2 unspecified atom stereocenters. The predicted octanol–water partition coefficient (Wildman–Crippen LogP) is 2.47. The van der Waals surface area contributed by atoms with Crippen LogP contribution in [0.1, 0.15) is 26.7 Å². The molecule has 2 N–H and O–H groups in total. The summed E-state index contributed by atoms with van der Waals surface area (Å²) in [5.41, 5.74) is 1.05. The third-order valence-corrected chi connectivity index (χ3v) is 4.13. The van der Waals surface area contributed by atoms with Crippen LogP contribution in [0.3, 0.4) is 0 Å². The number of pyridine rings is 1. The van der Waals surface area contributed by atoms with Crippen LogP contribution >= 0.6 is 0 Å². The smallest absolute Gasteiger partial charge is 0.127 e. The maximum absolute atomic E-state index is 11.2. The molecule has 2 atom stereocenters. The summed E-state index contributed by atoms with van der Waals surface area (Å²) in [4.78, 5) is 4.25. The molecule has 1 aromatic heterocycles. The number of rotatable bonds is 8. The number of nitrogens with zero attached hydrogens (tertiary/aromatic N) is 1. The molecule has 1 heterocycles. The first-order valence-corrected chi connectivity index (χ1v) is 8.01. The second-order valence-corrected chi connectivity index (χ2v) is 6.18. The number of hydrogen-bond donors (Lipinski definition) is 2. The van der Waals surface area contributed by atoms with Gasteiger partial charge in [-0.2, -0.15) is 0 Å². The lowest BCUT2D eigenvalue weighted by molar-refractivity contribution is 0.672. The minimum Gasteiger partial charge on any atom is -0.385 e. The molecule has 0 aliphatic carbocycles. The first kappa shape index (κ1) is 15.0. The van der Waals surface area contributed by atoms with Gasteiger partial charge < -0.3 is 10.6 Å². The van der Waals surface area contributed by atoms with Crippen molar-refractivity contribution in [3.05, 3.63) is 18.3 Å². The lowest BCUT2D eigenvalue weighted by atomic mass is 10.3. The lowest BCUT2D eigenvalue weighted by Gasteiger charge is -2.11. The summed E-state index contributed by atoms with van der Waals surface area (Å²) in [6.07, 6.45) is 5.54. The van der Waals surface area contributed by atoms with E-state index in [-0.39, 0.29) is 5.25 Å². The van der Waals surface area contributed by atoms with Crippen LogP contribution in [0, 0.1) is 0 Å². The summed E-state index contributed by atoms with van der Waals surface area (Å²) in [7, 11) is -0.742. The molecule has 18 heavy (non-hydrogen) atoms. The lowest BCUT2D eigenvalue weighted by Crippen LogP contribution is -2.15. The van der Waals surface area contributed by atoms with Crippen LogP contribution in [0.25, 0.3) is 0 Å². The van der Waals surface area contributed by atoms with Gasteiger partial charge in [-0.15, -0.1) is 0 Å². The SMILES string of the molecule is CCCNc1cc(NCCC(C)S(C)=O)ccn1. The van der Waals surface area contributed by atoms with Gasteiger partial charge in [-0.3, -0.25) is 4.21 Å². The molecule has 1 aromatic rings. The molecule has 0 spiro atoms. The van der Waals surface area contributed by atoms with Crippen LogP contribution in [-0.4, -0.2) is 33.8 Å². The predicted molar refractivity (Wildman–Crippen MR) is 79.7 cm³/mol. The van der Waals surface area contributed by atoms with E-state index in [4.69, 9.17) is 0 Å². The summed E-state index contributed by atoms with van der Waals surface area (Å²) in [6.45, 7) is 5.90. The summed E-state index contributed by atoms with van der Waals surface area (Å²) >= 11 is 0. The Hall–Kier alpha value is -1.10. The number of hydrogen-bond acceptors (Lipinski definition) is 4. The van der Waals surface area contributed by atoms with E-state index in [1.54, 1.807) is 12.5 Å². The molecule has 0 radical (unpaired) electrons. The van der Waals surface area contributed by atoms with E-state index < -0.39 is 10.8 Å². The zero-order chi connectivity index (χ0) is 13.4. The Morgan fingerprint density at radius 1 is 1.39 bits per heavy atom. The van der Waals surface area contributed by atoms with E-state index in [0.717, 1.165) is 37.4 Å². The molecule has 0 aliphatic heterocycles. The van der Waals surface area contributed by atoms with Crippen molar-refractivity contribution < 1.29 is 4.21 Å². The molecule has 0 amide bonds. The molecule has 0 saturated carbocycles. The molecule has 0 aliphatic rings. The highest BCUT2D eigenvalue weighted by molar-refractivity contribution is 7.84. The van der Waals surface area contributed by atoms with Crippen LogP contribution in [0.4, 0.5) is 11.5 Å². The van der Waals surface area contributed by atoms with Crippen LogP contribution in [0.5, 0.6) is 0 Å². The highest BCUT2D eigenvalue weighted by Crippen LogP contribution is 2.12. The van der Waals surface area contributed by atoms with Gasteiger partial charge in [0.05, 0.1) is 0 Å². The third-order valence-electron chi connectivity index (χ3n) is 2.76. The molecule has 0 aromatic carbocycles. The van der Waals surface area contributed by atoms with E-state index in [2.05, 4.69) is 22.5 Å². The molecule has 1 rings (SSSR count). The second kappa shape index (κ2) is 8.08. The molecule has 4 nitrogen and oxygen atoms in total. The van der Waals surface area contributed by atoms with Crippen molar-refractivity contribution >= 4 is 22.3 Å². The fourth-order valence-electron chi connectivity index (χ4n) is 1.48. The van der Waals surface area contributed by atoms with Gasteiger partial charge in [-0.1, -0.05) is 13.8 Å². The number of aromatic nitrogens is 1. The van der Waals surface area contributed by atoms with E-state index in [9.17, 15) is 4.21 Å². The van der Waals surface area contributed by atoms with Crippen molar-refractivity contribution in [2.75, 3.05) is 30.0 Å². The Balaban J connectivity index is 2.40. The summed E-state index contributed by atoms with van der Waals surface area (Å²) in [5.74, 6) is 0.897. The van der Waals surface area contributed by atoms with Crippen molar-refractivity contribution in [3.8, 4) is 0 Å². The van der Waals surface area contributed by atoms with Gasteiger partial charge >= 0.3 is 0 Å². The van der Waals surface area contributed by atoms with Crippen LogP contribution in [0.2, 0.25) is 0 Å². The maximum Gasteiger partial charge on any atom is 0.127 e. The first-order valence-electron chi connectivity index (χ1n) is 6.39. The highest BCUT2D eigenvalue weighted by Gasteiger charge is 2.05. The summed E-state index contributed by atoms with van der Waals surface area (Å²) < 4.78 is 11.2. The van der Waals surface area contributed by atoms with Crippen LogP contribution in [-0.2, 0) is 10.8 Å². The van der Waals surface area contributed by atoms with Crippen molar-refractivity contribution in [3.63, 3.8) is 0 Å². The van der Waals surface area contributed by atoms with Crippen molar-refractivity contribution in [2.24, 2.45) is 0 Å². The van der Waals surface area contributed by atoms with Gasteiger partial charge in [0.1, 0.15) is 5.82 Å². The Morgan fingerprint density at radius 2 is 2.17 bits per heavy atom. The minimum absolute atomic E-state index is 0.233. The molecule has 0 bridgehead atoms. The topological polar surface area (TPSA) is 54.0 Å². The maximum atomic E-state index is 11.2. The van der Waals surface area contributed by atoms with Gasteiger partial charge in [0, 0.05) is 53.3 Å². The van der Waals surface area contributed by atoms with Crippen LogP contribution in [0.15, 0.2) is 18.3 Å². The highest BCUT2D eigenvalue weighted by atomic mass is 32.2. The van der Waals surface area contributed by atoms with Crippen molar-refractivity contribution in [1.82, 2.24) is 4.98 Å². The zero-order valence-corrected chi connectivity index (χ0v) is 12.2. The minimum atomic E-state index is -0.742. The fraction of sp³-hybridized carbons (Fsp3) is 0.615. The largest absolute Gasteiger partial charge is 0.385 e. The van der Waals surface area contributed by atoms with Gasteiger partial charge in [-0.25, -0.2) is 4.98 Å². The van der Waals surface area contributed by atoms with Gasteiger partial charge in [0.25, 0.3) is 0 Å². The summed E-state index contributed by atoms with van der Waals surface area (Å²) in [5, 5.41) is 6.82. The molecular formula is C13H23N3OS. The molecule has 5 heteroatoms. The average molecular weight is 269 g/mol. The fourth-order valence-corrected chi connectivity index (χ4v) is 1.93. The van der Waals surface area contributed by atoms with E-state index in [1.807, 2.05) is 19.1 Å². The van der Waals surface area contributed by atoms with E-state index >= 15 is 0 Å². The zero-order valence-electron chi connectivity index (χ0n) is 11.4. The van der Waals surface area contributed by atoms with Crippen molar-refractivity contribution in [2.45, 2.75) is 31.9 Å².